The lowest BCUT2D eigenvalue weighted by Crippen LogP contribution is -2.51. The average molecular weight is 265 g/mol. The summed E-state index contributed by atoms with van der Waals surface area (Å²) in [7, 11) is 1.69. The topological polar surface area (TPSA) is 21.3 Å². The summed E-state index contributed by atoms with van der Waals surface area (Å²) in [6.07, 6.45) is 1.20. The van der Waals surface area contributed by atoms with Gasteiger partial charge in [-0.2, -0.15) is 13.2 Å². The summed E-state index contributed by atoms with van der Waals surface area (Å²) in [4.78, 5) is 0. The molecule has 18 heavy (non-hydrogen) atoms. The SMILES string of the molecule is COC1(CN[C@H]2CCC[C@@H](C(F)(F)F)C2)CCC1. The van der Waals surface area contributed by atoms with Crippen molar-refractivity contribution in [3.8, 4) is 0 Å². The molecule has 1 N–H and O–H groups in total. The molecule has 0 unspecified atom stereocenters. The molecule has 2 saturated carbocycles. The van der Waals surface area contributed by atoms with Crippen molar-refractivity contribution in [3.05, 3.63) is 0 Å². The second kappa shape index (κ2) is 5.37. The van der Waals surface area contributed by atoms with Gasteiger partial charge in [0.25, 0.3) is 0 Å². The van der Waals surface area contributed by atoms with Gasteiger partial charge in [-0.25, -0.2) is 0 Å². The number of rotatable bonds is 4. The van der Waals surface area contributed by atoms with Gasteiger partial charge in [-0.15, -0.1) is 0 Å². The van der Waals surface area contributed by atoms with E-state index in [1.807, 2.05) is 0 Å². The quantitative estimate of drug-likeness (QED) is 0.842. The van der Waals surface area contributed by atoms with Crippen molar-refractivity contribution in [1.82, 2.24) is 5.32 Å². The van der Waals surface area contributed by atoms with Crippen LogP contribution in [0.5, 0.6) is 0 Å². The maximum atomic E-state index is 12.7. The smallest absolute Gasteiger partial charge is 0.377 e. The molecule has 0 aromatic rings. The Hall–Kier alpha value is -0.290. The maximum Gasteiger partial charge on any atom is 0.391 e. The van der Waals surface area contributed by atoms with E-state index >= 15 is 0 Å². The Kier molecular flexibility index (Phi) is 4.22. The molecule has 0 radical (unpaired) electrons. The zero-order valence-corrected chi connectivity index (χ0v) is 10.9. The number of nitrogens with one attached hydrogen (secondary N) is 1. The lowest BCUT2D eigenvalue weighted by atomic mass is 9.79. The van der Waals surface area contributed by atoms with Gasteiger partial charge in [-0.3, -0.25) is 0 Å². The van der Waals surface area contributed by atoms with Crippen molar-refractivity contribution in [3.63, 3.8) is 0 Å². The molecule has 2 aliphatic rings. The lowest BCUT2D eigenvalue weighted by molar-refractivity contribution is -0.184. The fourth-order valence-corrected chi connectivity index (χ4v) is 3.03. The van der Waals surface area contributed by atoms with Crippen LogP contribution in [0.4, 0.5) is 13.2 Å². The Morgan fingerprint density at radius 2 is 1.94 bits per heavy atom. The zero-order chi connectivity index (χ0) is 13.2. The molecule has 0 heterocycles. The van der Waals surface area contributed by atoms with Crippen molar-refractivity contribution in [1.29, 1.82) is 0 Å². The summed E-state index contributed by atoms with van der Waals surface area (Å²) in [5, 5.41) is 3.29. The molecule has 2 aliphatic carbocycles. The van der Waals surface area contributed by atoms with Crippen molar-refractivity contribution in [2.24, 2.45) is 5.92 Å². The molecule has 0 amide bonds. The largest absolute Gasteiger partial charge is 0.391 e. The average Bonchev–Trinajstić information content (AvgIpc) is 2.27. The fourth-order valence-electron chi connectivity index (χ4n) is 3.03. The minimum atomic E-state index is -4.03. The van der Waals surface area contributed by atoms with Crippen molar-refractivity contribution in [2.75, 3.05) is 13.7 Å². The number of methoxy groups -OCH3 is 1. The molecule has 0 bridgehead atoms. The normalized spacial score (nSPS) is 32.0. The van der Waals surface area contributed by atoms with Gasteiger partial charge in [0.05, 0.1) is 11.5 Å². The first kappa shape index (κ1) is 14.1. The Labute approximate surface area is 106 Å². The Morgan fingerprint density at radius 1 is 1.22 bits per heavy atom. The number of hydrogen-bond donors (Lipinski definition) is 1. The fraction of sp³-hybridized carbons (Fsp3) is 1.00. The minimum Gasteiger partial charge on any atom is -0.377 e. The van der Waals surface area contributed by atoms with Crippen LogP contribution in [0.1, 0.15) is 44.9 Å². The number of ether oxygens (including phenoxy) is 1. The van der Waals surface area contributed by atoms with Gasteiger partial charge < -0.3 is 10.1 Å². The molecule has 5 heteroatoms. The first-order valence-corrected chi connectivity index (χ1v) is 6.80. The number of hydrogen-bond acceptors (Lipinski definition) is 2. The van der Waals surface area contributed by atoms with Crippen LogP contribution in [0.25, 0.3) is 0 Å². The highest BCUT2D eigenvalue weighted by Crippen LogP contribution is 2.38. The molecule has 0 aromatic heterocycles. The second-order valence-corrected chi connectivity index (χ2v) is 5.72. The van der Waals surface area contributed by atoms with Crippen LogP contribution in [0, 0.1) is 5.92 Å². The molecule has 0 aromatic carbocycles. The highest BCUT2D eigenvalue weighted by molar-refractivity contribution is 4.93. The molecule has 0 aliphatic heterocycles. The lowest BCUT2D eigenvalue weighted by Gasteiger charge is -2.42. The van der Waals surface area contributed by atoms with Crippen LogP contribution in [0.3, 0.4) is 0 Å². The maximum absolute atomic E-state index is 12.7. The van der Waals surface area contributed by atoms with Gasteiger partial charge in [0.2, 0.25) is 0 Å². The summed E-state index contributed by atoms with van der Waals surface area (Å²) in [6, 6.07) is -0.00185. The third-order valence-electron chi connectivity index (χ3n) is 4.55. The van der Waals surface area contributed by atoms with Crippen molar-refractivity contribution < 1.29 is 17.9 Å². The van der Waals surface area contributed by atoms with Gasteiger partial charge in [-0.1, -0.05) is 6.42 Å². The molecule has 2 fully saturated rings. The zero-order valence-electron chi connectivity index (χ0n) is 10.9. The summed E-state index contributed by atoms with van der Waals surface area (Å²) in [5.74, 6) is -1.12. The van der Waals surface area contributed by atoms with E-state index < -0.39 is 12.1 Å². The third kappa shape index (κ3) is 3.18. The molecule has 0 saturated heterocycles. The van der Waals surface area contributed by atoms with E-state index in [1.165, 1.54) is 0 Å². The highest BCUT2D eigenvalue weighted by Gasteiger charge is 2.43. The Balaban J connectivity index is 1.79. The van der Waals surface area contributed by atoms with Gasteiger partial charge in [-0.05, 0) is 38.5 Å². The predicted molar refractivity (Wildman–Crippen MR) is 63.4 cm³/mol. The third-order valence-corrected chi connectivity index (χ3v) is 4.55. The van der Waals surface area contributed by atoms with Crippen LogP contribution in [0.2, 0.25) is 0 Å². The van der Waals surface area contributed by atoms with Crippen LogP contribution >= 0.6 is 0 Å². The van der Waals surface area contributed by atoms with E-state index in [4.69, 9.17) is 4.74 Å². The van der Waals surface area contributed by atoms with Gasteiger partial charge >= 0.3 is 6.18 Å². The highest BCUT2D eigenvalue weighted by atomic mass is 19.4. The standard InChI is InChI=1S/C13H22F3NO/c1-18-12(6-3-7-12)9-17-11-5-2-4-10(8-11)13(14,15)16/h10-11,17H,2-9H2,1H3/t10-,11+/m1/s1. The van der Waals surface area contributed by atoms with Crippen LogP contribution in [0.15, 0.2) is 0 Å². The molecule has 2 nitrogen and oxygen atoms in total. The number of halogens is 3. The molecule has 2 rings (SSSR count). The summed E-state index contributed by atoms with van der Waals surface area (Å²) in [6.45, 7) is 0.693. The van der Waals surface area contributed by atoms with Crippen molar-refractivity contribution >= 4 is 0 Å². The summed E-state index contributed by atoms with van der Waals surface area (Å²) >= 11 is 0. The first-order valence-electron chi connectivity index (χ1n) is 6.80. The first-order chi connectivity index (χ1) is 8.45. The van der Waals surface area contributed by atoms with Gasteiger partial charge in [0, 0.05) is 19.7 Å². The van der Waals surface area contributed by atoms with E-state index in [1.54, 1.807) is 7.11 Å². The van der Waals surface area contributed by atoms with Crippen LogP contribution in [-0.4, -0.2) is 31.5 Å². The monoisotopic (exact) mass is 265 g/mol. The molecular formula is C13H22F3NO. The van der Waals surface area contributed by atoms with E-state index in [0.717, 1.165) is 25.7 Å². The van der Waals surface area contributed by atoms with E-state index in [0.29, 0.717) is 13.0 Å². The Bertz CT molecular complexity index is 270. The summed E-state index contributed by atoms with van der Waals surface area (Å²) < 4.78 is 43.5. The van der Waals surface area contributed by atoms with E-state index in [9.17, 15) is 13.2 Å². The van der Waals surface area contributed by atoms with E-state index in [-0.39, 0.29) is 24.5 Å². The molecule has 106 valence electrons. The Morgan fingerprint density at radius 3 is 2.44 bits per heavy atom. The van der Waals surface area contributed by atoms with Gasteiger partial charge in [0.1, 0.15) is 0 Å². The predicted octanol–water partition coefficient (Wildman–Crippen LogP) is 3.27. The molecule has 0 spiro atoms. The van der Waals surface area contributed by atoms with Crippen LogP contribution in [-0.2, 0) is 4.74 Å². The minimum absolute atomic E-state index is 0.00185. The van der Waals surface area contributed by atoms with Crippen molar-refractivity contribution in [2.45, 2.75) is 62.8 Å². The summed E-state index contributed by atoms with van der Waals surface area (Å²) in [5.41, 5.74) is -0.106. The van der Waals surface area contributed by atoms with E-state index in [2.05, 4.69) is 5.32 Å². The van der Waals surface area contributed by atoms with Gasteiger partial charge in [0.15, 0.2) is 0 Å². The second-order valence-electron chi connectivity index (χ2n) is 5.72. The van der Waals surface area contributed by atoms with Crippen LogP contribution < -0.4 is 5.32 Å². The molecule has 2 atom stereocenters. The molecular weight excluding hydrogens is 243 g/mol. The number of alkyl halides is 3.